The van der Waals surface area contributed by atoms with Gasteiger partial charge in [-0.2, -0.15) is 0 Å². The SMILES string of the molecule is CC(C)(C)/N=C/c1ccccc1Pc1cc(C(C)(C)C)cc(C(C)(C)C)c1OCc1ccccc1. The molecule has 1 atom stereocenters. The van der Waals surface area contributed by atoms with E-state index in [1.54, 1.807) is 0 Å². The summed E-state index contributed by atoms with van der Waals surface area (Å²) >= 11 is 0. The molecule has 186 valence electrons. The van der Waals surface area contributed by atoms with E-state index in [0.717, 1.165) is 5.75 Å². The van der Waals surface area contributed by atoms with Gasteiger partial charge in [-0.1, -0.05) is 111 Å². The molecule has 0 spiro atoms. The van der Waals surface area contributed by atoms with Crippen LogP contribution < -0.4 is 15.3 Å². The maximum atomic E-state index is 6.65. The van der Waals surface area contributed by atoms with Crippen molar-refractivity contribution in [3.63, 3.8) is 0 Å². The highest BCUT2D eigenvalue weighted by Crippen LogP contribution is 2.37. The van der Waals surface area contributed by atoms with Crippen LogP contribution in [0, 0.1) is 0 Å². The summed E-state index contributed by atoms with van der Waals surface area (Å²) < 4.78 is 6.65. The molecular weight excluding hydrogens is 445 g/mol. The molecule has 0 aliphatic rings. The first-order chi connectivity index (χ1) is 16.2. The fourth-order valence-corrected chi connectivity index (χ4v) is 5.04. The smallest absolute Gasteiger partial charge is 0.131 e. The van der Waals surface area contributed by atoms with Crippen molar-refractivity contribution in [3.8, 4) is 5.75 Å². The molecule has 0 fully saturated rings. The molecule has 1 unspecified atom stereocenters. The molecular formula is C32H42NOP. The monoisotopic (exact) mass is 487 g/mol. The lowest BCUT2D eigenvalue weighted by molar-refractivity contribution is 0.300. The van der Waals surface area contributed by atoms with E-state index in [1.165, 1.54) is 32.9 Å². The number of rotatable bonds is 6. The van der Waals surface area contributed by atoms with Gasteiger partial charge in [0.05, 0.1) is 5.54 Å². The minimum absolute atomic E-state index is 0.0419. The summed E-state index contributed by atoms with van der Waals surface area (Å²) in [5.41, 5.74) is 4.87. The van der Waals surface area contributed by atoms with Gasteiger partial charge in [0.25, 0.3) is 0 Å². The van der Waals surface area contributed by atoms with E-state index in [9.17, 15) is 0 Å². The molecule has 35 heavy (non-hydrogen) atoms. The molecule has 0 saturated heterocycles. The molecule has 0 amide bonds. The molecule has 0 saturated carbocycles. The highest BCUT2D eigenvalue weighted by Gasteiger charge is 2.26. The Morgan fingerprint density at radius 2 is 1.37 bits per heavy atom. The van der Waals surface area contributed by atoms with Crippen molar-refractivity contribution >= 4 is 25.4 Å². The normalized spacial score (nSPS) is 13.2. The number of nitrogens with zero attached hydrogens (tertiary/aromatic N) is 1. The van der Waals surface area contributed by atoms with Gasteiger partial charge in [-0.15, -0.1) is 0 Å². The average Bonchev–Trinajstić information content (AvgIpc) is 2.76. The molecule has 0 heterocycles. The standard InChI is InChI=1S/C32H42NOP/c1-30(2,3)25-19-26(31(4,5)6)29(34-22-23-15-11-10-12-16-23)28(20-25)35-27-18-14-13-17-24(27)21-33-32(7,8)9/h10-21,35H,22H2,1-9H3/b33-21+. The average molecular weight is 488 g/mol. The summed E-state index contributed by atoms with van der Waals surface area (Å²) in [4.78, 5) is 4.79. The minimum atomic E-state index is -0.105. The molecule has 3 aromatic rings. The predicted molar refractivity (Wildman–Crippen MR) is 156 cm³/mol. The highest BCUT2D eigenvalue weighted by molar-refractivity contribution is 7.56. The largest absolute Gasteiger partial charge is 0.488 e. The zero-order chi connectivity index (χ0) is 25.9. The number of ether oxygens (including phenoxy) is 1. The van der Waals surface area contributed by atoms with Gasteiger partial charge in [-0.25, -0.2) is 0 Å². The van der Waals surface area contributed by atoms with Gasteiger partial charge >= 0.3 is 0 Å². The van der Waals surface area contributed by atoms with E-state index in [2.05, 4.69) is 123 Å². The van der Waals surface area contributed by atoms with Crippen molar-refractivity contribution in [2.75, 3.05) is 0 Å². The Labute approximate surface area is 215 Å². The minimum Gasteiger partial charge on any atom is -0.488 e. The fourth-order valence-electron chi connectivity index (χ4n) is 3.73. The van der Waals surface area contributed by atoms with Crippen LogP contribution in [0.4, 0.5) is 0 Å². The number of benzene rings is 3. The molecule has 0 aliphatic heterocycles. The number of aliphatic imine (C=N–C) groups is 1. The van der Waals surface area contributed by atoms with Gasteiger partial charge in [0, 0.05) is 22.6 Å². The van der Waals surface area contributed by atoms with Gasteiger partial charge in [0.2, 0.25) is 0 Å². The predicted octanol–water partition coefficient (Wildman–Crippen LogP) is 7.71. The van der Waals surface area contributed by atoms with Gasteiger partial charge in [-0.05, 0) is 54.1 Å². The van der Waals surface area contributed by atoms with Crippen LogP contribution in [0.2, 0.25) is 0 Å². The Hall–Kier alpha value is -2.44. The molecule has 0 aliphatic carbocycles. The zero-order valence-corrected chi connectivity index (χ0v) is 24.0. The molecule has 0 N–H and O–H groups in total. The maximum Gasteiger partial charge on any atom is 0.131 e. The maximum absolute atomic E-state index is 6.65. The molecule has 0 radical (unpaired) electrons. The Morgan fingerprint density at radius 3 is 1.97 bits per heavy atom. The van der Waals surface area contributed by atoms with E-state index >= 15 is 0 Å². The first kappa shape index (κ1) is 27.2. The molecule has 0 bridgehead atoms. The molecule has 2 nitrogen and oxygen atoms in total. The van der Waals surface area contributed by atoms with Crippen molar-refractivity contribution in [1.29, 1.82) is 0 Å². The highest BCUT2D eigenvalue weighted by atomic mass is 31.1. The Kier molecular flexibility index (Phi) is 8.28. The summed E-state index contributed by atoms with van der Waals surface area (Å²) in [6.07, 6.45) is 2.03. The van der Waals surface area contributed by atoms with Crippen LogP contribution in [0.3, 0.4) is 0 Å². The molecule has 3 rings (SSSR count). The van der Waals surface area contributed by atoms with Crippen LogP contribution in [0.5, 0.6) is 5.75 Å². The van der Waals surface area contributed by atoms with Crippen LogP contribution in [-0.2, 0) is 17.4 Å². The Bertz CT molecular complexity index is 1160. The van der Waals surface area contributed by atoms with Gasteiger partial charge in [-0.3, -0.25) is 4.99 Å². The lowest BCUT2D eigenvalue weighted by atomic mass is 9.80. The zero-order valence-electron chi connectivity index (χ0n) is 23.0. The first-order valence-corrected chi connectivity index (χ1v) is 13.5. The summed E-state index contributed by atoms with van der Waals surface area (Å²) in [5.74, 6) is 1.02. The van der Waals surface area contributed by atoms with Gasteiger partial charge in [0.1, 0.15) is 12.4 Å². The second-order valence-corrected chi connectivity index (χ2v) is 13.6. The van der Waals surface area contributed by atoms with Crippen LogP contribution in [0.25, 0.3) is 0 Å². The van der Waals surface area contributed by atoms with Crippen molar-refractivity contribution in [2.45, 2.75) is 85.3 Å². The van der Waals surface area contributed by atoms with E-state index in [0.29, 0.717) is 15.2 Å². The lowest BCUT2D eigenvalue weighted by Crippen LogP contribution is -2.23. The van der Waals surface area contributed by atoms with E-state index in [4.69, 9.17) is 9.73 Å². The van der Waals surface area contributed by atoms with Crippen molar-refractivity contribution in [3.05, 3.63) is 89.0 Å². The van der Waals surface area contributed by atoms with Crippen molar-refractivity contribution < 1.29 is 4.74 Å². The Morgan fingerprint density at radius 1 is 0.743 bits per heavy atom. The van der Waals surface area contributed by atoms with Crippen molar-refractivity contribution in [2.24, 2.45) is 4.99 Å². The second-order valence-electron chi connectivity index (χ2n) is 12.3. The van der Waals surface area contributed by atoms with Gasteiger partial charge < -0.3 is 4.74 Å². The first-order valence-electron chi connectivity index (χ1n) is 12.5. The lowest BCUT2D eigenvalue weighted by Gasteiger charge is -2.29. The second kappa shape index (κ2) is 10.7. The summed E-state index contributed by atoms with van der Waals surface area (Å²) in [6, 6.07) is 23.8. The molecule has 3 aromatic carbocycles. The topological polar surface area (TPSA) is 21.6 Å². The Balaban J connectivity index is 2.14. The van der Waals surface area contributed by atoms with Crippen LogP contribution in [0.1, 0.15) is 84.6 Å². The van der Waals surface area contributed by atoms with E-state index < -0.39 is 0 Å². The quantitative estimate of drug-likeness (QED) is 0.258. The number of hydrogen-bond acceptors (Lipinski definition) is 2. The molecule has 3 heteroatoms. The van der Waals surface area contributed by atoms with E-state index in [1.807, 2.05) is 12.3 Å². The molecule has 0 aromatic heterocycles. The summed E-state index contributed by atoms with van der Waals surface area (Å²) in [6.45, 7) is 20.7. The van der Waals surface area contributed by atoms with Crippen LogP contribution in [-0.4, -0.2) is 11.8 Å². The summed E-state index contributed by atoms with van der Waals surface area (Å²) in [7, 11) is 0.470. The summed E-state index contributed by atoms with van der Waals surface area (Å²) in [5, 5.41) is 2.55. The third-order valence-corrected chi connectivity index (χ3v) is 7.18. The van der Waals surface area contributed by atoms with Crippen molar-refractivity contribution in [1.82, 2.24) is 0 Å². The fraction of sp³-hybridized carbons (Fsp3) is 0.406. The van der Waals surface area contributed by atoms with Gasteiger partial charge in [0.15, 0.2) is 0 Å². The van der Waals surface area contributed by atoms with Crippen LogP contribution >= 0.6 is 8.58 Å². The van der Waals surface area contributed by atoms with Crippen LogP contribution in [0.15, 0.2) is 71.7 Å². The van der Waals surface area contributed by atoms with E-state index in [-0.39, 0.29) is 16.4 Å². The third kappa shape index (κ3) is 7.77. The third-order valence-electron chi connectivity index (χ3n) is 5.81. The number of hydrogen-bond donors (Lipinski definition) is 0.